The second-order valence-electron chi connectivity index (χ2n) is 8.50. The van der Waals surface area contributed by atoms with Crippen LogP contribution in [0.1, 0.15) is 27.1 Å². The van der Waals surface area contributed by atoms with E-state index in [0.29, 0.717) is 49.5 Å². The highest BCUT2D eigenvalue weighted by atomic mass is 32.2. The molecule has 0 aliphatic carbocycles. The Kier molecular flexibility index (Phi) is 6.24. The van der Waals surface area contributed by atoms with E-state index >= 15 is 0 Å². The zero-order valence-corrected chi connectivity index (χ0v) is 19.8. The van der Waals surface area contributed by atoms with Crippen molar-refractivity contribution in [3.63, 3.8) is 0 Å². The molecule has 5 rings (SSSR count). The van der Waals surface area contributed by atoms with Gasteiger partial charge in [-0.15, -0.1) is 0 Å². The smallest absolute Gasteiger partial charge is 0.262 e. The van der Waals surface area contributed by atoms with E-state index in [0.717, 1.165) is 16.7 Å². The monoisotopic (exact) mass is 474 g/mol. The van der Waals surface area contributed by atoms with Crippen molar-refractivity contribution in [1.82, 2.24) is 14.8 Å². The van der Waals surface area contributed by atoms with E-state index in [-0.39, 0.29) is 17.7 Å². The van der Waals surface area contributed by atoms with Gasteiger partial charge in [-0.3, -0.25) is 19.3 Å². The number of fused-ring (bicyclic) bond motifs is 2. The third kappa shape index (κ3) is 4.03. The van der Waals surface area contributed by atoms with E-state index in [9.17, 15) is 14.4 Å². The lowest BCUT2D eigenvalue weighted by molar-refractivity contribution is -0.135. The minimum Gasteiger partial charge on any atom is -0.353 e. The van der Waals surface area contributed by atoms with Crippen LogP contribution in [0.4, 0.5) is 5.82 Å². The van der Waals surface area contributed by atoms with Gasteiger partial charge in [-0.05, 0) is 48.8 Å². The molecule has 174 valence electrons. The van der Waals surface area contributed by atoms with Gasteiger partial charge in [0, 0.05) is 31.6 Å². The molecule has 3 aromatic rings. The van der Waals surface area contributed by atoms with Crippen molar-refractivity contribution in [2.24, 2.45) is 0 Å². The number of carbonyl (C=O) groups excluding carboxylic acids is 3. The van der Waals surface area contributed by atoms with E-state index in [4.69, 9.17) is 4.98 Å². The highest BCUT2D eigenvalue weighted by Crippen LogP contribution is 2.27. The van der Waals surface area contributed by atoms with Crippen LogP contribution in [0.2, 0.25) is 0 Å². The number of benzene rings is 2. The first-order valence-corrected chi connectivity index (χ1v) is 12.8. The molecule has 0 saturated carbocycles. The van der Waals surface area contributed by atoms with Crippen molar-refractivity contribution in [3.05, 3.63) is 71.8 Å². The molecule has 0 N–H and O–H groups in total. The summed E-state index contributed by atoms with van der Waals surface area (Å²) in [4.78, 5) is 49.6. The van der Waals surface area contributed by atoms with Gasteiger partial charge < -0.3 is 9.80 Å². The summed E-state index contributed by atoms with van der Waals surface area (Å²) in [6, 6.07) is 18.1. The molecule has 8 heteroatoms. The van der Waals surface area contributed by atoms with Gasteiger partial charge in [0.05, 0.1) is 16.6 Å². The van der Waals surface area contributed by atoms with Gasteiger partial charge >= 0.3 is 0 Å². The molecule has 34 heavy (non-hydrogen) atoms. The average molecular weight is 475 g/mol. The van der Waals surface area contributed by atoms with E-state index in [1.807, 2.05) is 36.6 Å². The van der Waals surface area contributed by atoms with Crippen molar-refractivity contribution in [1.29, 1.82) is 0 Å². The van der Waals surface area contributed by atoms with E-state index in [1.165, 1.54) is 4.90 Å². The number of nitrogens with zero attached hydrogens (tertiary/aromatic N) is 4. The van der Waals surface area contributed by atoms with Crippen LogP contribution in [0, 0.1) is 0 Å². The highest BCUT2D eigenvalue weighted by molar-refractivity contribution is 7.98. The van der Waals surface area contributed by atoms with Crippen molar-refractivity contribution < 1.29 is 14.4 Å². The van der Waals surface area contributed by atoms with Gasteiger partial charge in [-0.1, -0.05) is 30.3 Å². The minimum atomic E-state index is -0.787. The zero-order valence-electron chi connectivity index (χ0n) is 19.0. The Morgan fingerprint density at radius 1 is 0.912 bits per heavy atom. The Morgan fingerprint density at radius 3 is 2.24 bits per heavy atom. The molecular formula is C26H26N4O3S. The summed E-state index contributed by atoms with van der Waals surface area (Å²) in [5.74, 6) is 0.669. The lowest BCUT2D eigenvalue weighted by atomic mass is 10.1. The Balaban J connectivity index is 1.31. The Bertz CT molecular complexity index is 1220. The van der Waals surface area contributed by atoms with E-state index in [2.05, 4.69) is 11.0 Å². The summed E-state index contributed by atoms with van der Waals surface area (Å²) < 4.78 is 0. The molecule has 1 unspecified atom stereocenters. The molecule has 0 radical (unpaired) electrons. The van der Waals surface area contributed by atoms with Gasteiger partial charge in [0.1, 0.15) is 11.9 Å². The number of carbonyl (C=O) groups is 3. The summed E-state index contributed by atoms with van der Waals surface area (Å²) >= 11 is 1.60. The number of anilines is 1. The van der Waals surface area contributed by atoms with Gasteiger partial charge in [0.15, 0.2) is 0 Å². The molecule has 2 aromatic carbocycles. The summed E-state index contributed by atoms with van der Waals surface area (Å²) in [5.41, 5.74) is 1.70. The number of hydrogen-bond donors (Lipinski definition) is 0. The maximum absolute atomic E-state index is 13.6. The first-order valence-electron chi connectivity index (χ1n) is 11.4. The van der Waals surface area contributed by atoms with Gasteiger partial charge in [-0.2, -0.15) is 11.8 Å². The van der Waals surface area contributed by atoms with Crippen LogP contribution in [0.15, 0.2) is 60.7 Å². The molecular weight excluding hydrogens is 448 g/mol. The lowest BCUT2D eigenvalue weighted by Gasteiger charge is -2.38. The molecule has 1 atom stereocenters. The second-order valence-corrected chi connectivity index (χ2v) is 9.48. The maximum atomic E-state index is 13.6. The molecule has 7 nitrogen and oxygen atoms in total. The van der Waals surface area contributed by atoms with Crippen LogP contribution in [0.3, 0.4) is 0 Å². The number of hydrogen-bond acceptors (Lipinski definition) is 6. The molecule has 2 aliphatic rings. The third-order valence-corrected chi connectivity index (χ3v) is 7.16. The molecule has 3 amide bonds. The molecule has 1 saturated heterocycles. The molecule has 0 bridgehead atoms. The lowest BCUT2D eigenvalue weighted by Crippen LogP contribution is -2.56. The third-order valence-electron chi connectivity index (χ3n) is 6.52. The maximum Gasteiger partial charge on any atom is 0.262 e. The fraction of sp³-hybridized carbons (Fsp3) is 0.308. The normalized spacial score (nSPS) is 16.8. The predicted octanol–water partition coefficient (Wildman–Crippen LogP) is 3.30. The topological polar surface area (TPSA) is 73.8 Å². The zero-order chi connectivity index (χ0) is 23.7. The first kappa shape index (κ1) is 22.4. The number of thioether (sulfide) groups is 1. The predicted molar refractivity (Wildman–Crippen MR) is 134 cm³/mol. The highest BCUT2D eigenvalue weighted by Gasteiger charge is 2.43. The average Bonchev–Trinajstić information content (AvgIpc) is 3.14. The van der Waals surface area contributed by atoms with Crippen LogP contribution < -0.4 is 4.90 Å². The van der Waals surface area contributed by atoms with Gasteiger partial charge in [0.25, 0.3) is 11.8 Å². The molecule has 0 spiro atoms. The van der Waals surface area contributed by atoms with Crippen molar-refractivity contribution in [2.45, 2.75) is 12.5 Å². The van der Waals surface area contributed by atoms with E-state index < -0.39 is 6.04 Å². The molecule has 1 fully saturated rings. The fourth-order valence-electron chi connectivity index (χ4n) is 4.68. The number of pyridine rings is 1. The Hall–Kier alpha value is -3.39. The number of rotatable bonds is 6. The standard InChI is InChI=1S/C26H26N4O3S/c1-34-17-12-22(30-24(31)19-7-3-4-8-20(19)25(30)32)26(33)29-15-13-28(14-16-29)23-11-10-18-6-2-5-9-21(18)27-23/h2-11,22H,12-17H2,1H3. The number of imide groups is 1. The van der Waals surface area contributed by atoms with Gasteiger partial charge in [0.2, 0.25) is 5.91 Å². The summed E-state index contributed by atoms with van der Waals surface area (Å²) in [6.45, 7) is 2.33. The molecule has 3 heterocycles. The molecule has 1 aromatic heterocycles. The van der Waals surface area contributed by atoms with Gasteiger partial charge in [-0.25, -0.2) is 4.98 Å². The fourth-order valence-corrected chi connectivity index (χ4v) is 5.14. The van der Waals surface area contributed by atoms with Crippen LogP contribution in [-0.4, -0.2) is 76.7 Å². The minimum absolute atomic E-state index is 0.158. The number of aromatic nitrogens is 1. The van der Waals surface area contributed by atoms with Crippen LogP contribution >= 0.6 is 11.8 Å². The van der Waals surface area contributed by atoms with Crippen molar-refractivity contribution in [3.8, 4) is 0 Å². The Labute approximate surface area is 202 Å². The van der Waals surface area contributed by atoms with Crippen molar-refractivity contribution in [2.75, 3.05) is 43.1 Å². The number of amides is 3. The first-order chi connectivity index (χ1) is 16.6. The van der Waals surface area contributed by atoms with Crippen molar-refractivity contribution >= 4 is 46.2 Å². The SMILES string of the molecule is CSCCC(C(=O)N1CCN(c2ccc3ccccc3n2)CC1)N1C(=O)c2ccccc2C1=O. The van der Waals surface area contributed by atoms with Crippen LogP contribution in [0.5, 0.6) is 0 Å². The summed E-state index contributed by atoms with van der Waals surface area (Å²) in [7, 11) is 0. The number of piperazine rings is 1. The largest absolute Gasteiger partial charge is 0.353 e. The van der Waals surface area contributed by atoms with Crippen LogP contribution in [0.25, 0.3) is 10.9 Å². The van der Waals surface area contributed by atoms with E-state index in [1.54, 1.807) is 40.9 Å². The summed E-state index contributed by atoms with van der Waals surface area (Å²) in [6.07, 6.45) is 2.40. The quantitative estimate of drug-likeness (QED) is 0.511. The second kappa shape index (κ2) is 9.46. The van der Waals surface area contributed by atoms with Crippen LogP contribution in [-0.2, 0) is 4.79 Å². The summed E-state index contributed by atoms with van der Waals surface area (Å²) in [5, 5.41) is 1.10. The Morgan fingerprint density at radius 2 is 1.56 bits per heavy atom. The molecule has 2 aliphatic heterocycles. The number of para-hydroxylation sites is 1.